The van der Waals surface area contributed by atoms with Crippen LogP contribution in [-0.4, -0.2) is 23.4 Å². The molecular weight excluding hydrogens is 589 g/mol. The molecular formula is C33H25Cl2N3O3S. The van der Waals surface area contributed by atoms with Crippen LogP contribution in [0.25, 0.3) is 0 Å². The van der Waals surface area contributed by atoms with Crippen LogP contribution in [0.15, 0.2) is 120 Å². The molecule has 0 bridgehead atoms. The van der Waals surface area contributed by atoms with E-state index in [1.807, 2.05) is 6.07 Å². The van der Waals surface area contributed by atoms with Gasteiger partial charge in [-0.15, -0.1) is 0 Å². The Morgan fingerprint density at radius 1 is 0.786 bits per heavy atom. The molecule has 0 spiro atoms. The fraction of sp³-hybridized carbons (Fsp3) is 0.0909. The number of hydrogen-bond acceptors (Lipinski definition) is 5. The van der Waals surface area contributed by atoms with E-state index in [-0.39, 0.29) is 34.5 Å². The summed E-state index contributed by atoms with van der Waals surface area (Å²) in [6.07, 6.45) is -0.0844. The highest BCUT2D eigenvalue weighted by atomic mass is 35.5. The predicted octanol–water partition coefficient (Wildman–Crippen LogP) is 7.89. The van der Waals surface area contributed by atoms with E-state index >= 15 is 0 Å². The molecule has 1 unspecified atom stereocenters. The van der Waals surface area contributed by atoms with Crippen molar-refractivity contribution in [3.05, 3.63) is 147 Å². The third kappa shape index (κ3) is 8.34. The predicted molar refractivity (Wildman–Crippen MR) is 169 cm³/mol. The van der Waals surface area contributed by atoms with E-state index in [4.69, 9.17) is 23.2 Å². The van der Waals surface area contributed by atoms with Gasteiger partial charge in [0.2, 0.25) is 5.91 Å². The molecule has 4 aromatic rings. The van der Waals surface area contributed by atoms with Gasteiger partial charge in [-0.25, -0.2) is 0 Å². The smallest absolute Gasteiger partial charge is 0.256 e. The molecule has 4 rings (SSSR count). The first-order chi connectivity index (χ1) is 20.4. The van der Waals surface area contributed by atoms with E-state index in [0.29, 0.717) is 32.4 Å². The summed E-state index contributed by atoms with van der Waals surface area (Å²) in [6, 6.07) is 33.1. The molecule has 1 atom stereocenters. The fourth-order valence-electron chi connectivity index (χ4n) is 4.15. The largest absolute Gasteiger partial charge is 0.325 e. The van der Waals surface area contributed by atoms with Gasteiger partial charge in [0.15, 0.2) is 5.78 Å². The van der Waals surface area contributed by atoms with Crippen molar-refractivity contribution in [2.45, 2.75) is 12.3 Å². The zero-order valence-corrected chi connectivity index (χ0v) is 24.5. The monoisotopic (exact) mass is 613 g/mol. The first-order valence-corrected chi connectivity index (χ1v) is 14.6. The molecule has 0 saturated heterocycles. The van der Waals surface area contributed by atoms with Crippen molar-refractivity contribution in [1.29, 1.82) is 5.26 Å². The Morgan fingerprint density at radius 2 is 1.38 bits per heavy atom. The number of anilines is 1. The summed E-state index contributed by atoms with van der Waals surface area (Å²) in [5.41, 5.74) is 2.07. The number of carbonyl (C=O) groups is 3. The number of nitriles is 1. The van der Waals surface area contributed by atoms with Crippen molar-refractivity contribution in [1.82, 2.24) is 5.32 Å². The van der Waals surface area contributed by atoms with Crippen LogP contribution in [0.5, 0.6) is 0 Å². The quantitative estimate of drug-likeness (QED) is 0.132. The average Bonchev–Trinajstić information content (AvgIpc) is 3.01. The van der Waals surface area contributed by atoms with Crippen molar-refractivity contribution < 1.29 is 14.4 Å². The van der Waals surface area contributed by atoms with Crippen molar-refractivity contribution in [3.63, 3.8) is 0 Å². The Labute approximate surface area is 258 Å². The number of nitrogens with one attached hydrogen (secondary N) is 2. The molecule has 2 N–H and O–H groups in total. The van der Waals surface area contributed by atoms with Crippen LogP contribution in [0.1, 0.15) is 38.6 Å². The van der Waals surface area contributed by atoms with Crippen LogP contribution in [0.2, 0.25) is 10.0 Å². The lowest BCUT2D eigenvalue weighted by Crippen LogP contribution is -2.25. The average molecular weight is 615 g/mol. The molecule has 6 nitrogen and oxygen atoms in total. The minimum absolute atomic E-state index is 0.0844. The third-order valence-electron chi connectivity index (χ3n) is 6.22. The van der Waals surface area contributed by atoms with Crippen LogP contribution in [0.4, 0.5) is 5.69 Å². The second kappa shape index (κ2) is 15.0. The number of rotatable bonds is 11. The summed E-state index contributed by atoms with van der Waals surface area (Å²) in [7, 11) is 0. The molecule has 0 heterocycles. The SMILES string of the molecule is N#C/C(=C(/NC(=O)c1ccccc1)SCC(=O)Nc1ccc(Cl)cc1)C(CC(=O)c1ccccc1)c1ccccc1Cl. The highest BCUT2D eigenvalue weighted by Gasteiger charge is 2.28. The Hall–Kier alpha value is -4.35. The minimum Gasteiger partial charge on any atom is -0.325 e. The Bertz CT molecular complexity index is 1640. The number of ketones is 1. The van der Waals surface area contributed by atoms with E-state index in [2.05, 4.69) is 16.7 Å². The lowest BCUT2D eigenvalue weighted by atomic mass is 9.86. The van der Waals surface area contributed by atoms with E-state index < -0.39 is 11.8 Å². The number of thioether (sulfide) groups is 1. The van der Waals surface area contributed by atoms with Gasteiger partial charge in [-0.2, -0.15) is 5.26 Å². The van der Waals surface area contributed by atoms with Crippen LogP contribution in [0, 0.1) is 11.3 Å². The van der Waals surface area contributed by atoms with Crippen molar-refractivity contribution in [3.8, 4) is 6.07 Å². The number of carbonyl (C=O) groups excluding carboxylic acids is 3. The maximum Gasteiger partial charge on any atom is 0.256 e. The molecule has 0 aromatic heterocycles. The number of allylic oxidation sites excluding steroid dienone is 1. The molecule has 0 saturated carbocycles. The fourth-order valence-corrected chi connectivity index (χ4v) is 5.40. The molecule has 9 heteroatoms. The maximum atomic E-state index is 13.4. The summed E-state index contributed by atoms with van der Waals surface area (Å²) in [5, 5.41) is 17.1. The zero-order valence-electron chi connectivity index (χ0n) is 22.2. The van der Waals surface area contributed by atoms with Crippen LogP contribution in [0.3, 0.4) is 0 Å². The number of amides is 2. The van der Waals surface area contributed by atoms with Crippen LogP contribution >= 0.6 is 35.0 Å². The Morgan fingerprint density at radius 3 is 2.00 bits per heavy atom. The molecule has 0 radical (unpaired) electrons. The highest BCUT2D eigenvalue weighted by Crippen LogP contribution is 2.37. The molecule has 0 fully saturated rings. The van der Waals surface area contributed by atoms with Gasteiger partial charge in [-0.05, 0) is 48.0 Å². The Balaban J connectivity index is 1.72. The molecule has 0 aliphatic rings. The van der Waals surface area contributed by atoms with Crippen molar-refractivity contribution >= 4 is 58.2 Å². The van der Waals surface area contributed by atoms with E-state index in [1.165, 1.54) is 0 Å². The van der Waals surface area contributed by atoms with Crippen molar-refractivity contribution in [2.75, 3.05) is 11.1 Å². The van der Waals surface area contributed by atoms with Gasteiger partial charge in [-0.1, -0.05) is 102 Å². The van der Waals surface area contributed by atoms with Gasteiger partial charge < -0.3 is 10.6 Å². The summed E-state index contributed by atoms with van der Waals surface area (Å²) in [5.74, 6) is -1.95. The van der Waals surface area contributed by atoms with E-state index in [1.54, 1.807) is 103 Å². The highest BCUT2D eigenvalue weighted by molar-refractivity contribution is 8.03. The van der Waals surface area contributed by atoms with Gasteiger partial charge in [-0.3, -0.25) is 14.4 Å². The molecule has 4 aromatic carbocycles. The van der Waals surface area contributed by atoms with Gasteiger partial charge in [0.25, 0.3) is 5.91 Å². The Kier molecular flexibility index (Phi) is 11.0. The summed E-state index contributed by atoms with van der Waals surface area (Å²) in [6.45, 7) is 0. The molecule has 42 heavy (non-hydrogen) atoms. The second-order valence-electron chi connectivity index (χ2n) is 9.09. The number of benzene rings is 4. The van der Waals surface area contributed by atoms with Gasteiger partial charge in [0, 0.05) is 39.2 Å². The second-order valence-corrected chi connectivity index (χ2v) is 10.9. The first-order valence-electron chi connectivity index (χ1n) is 12.9. The molecule has 210 valence electrons. The third-order valence-corrected chi connectivity index (χ3v) is 7.83. The zero-order chi connectivity index (χ0) is 29.9. The lowest BCUT2D eigenvalue weighted by Gasteiger charge is -2.21. The minimum atomic E-state index is -0.797. The van der Waals surface area contributed by atoms with Crippen LogP contribution in [-0.2, 0) is 4.79 Å². The molecule has 0 aliphatic heterocycles. The topological polar surface area (TPSA) is 99.1 Å². The van der Waals surface area contributed by atoms with Crippen molar-refractivity contribution in [2.24, 2.45) is 0 Å². The molecule has 2 amide bonds. The normalized spacial score (nSPS) is 11.9. The van der Waals surface area contributed by atoms with Gasteiger partial charge in [0.1, 0.15) is 0 Å². The van der Waals surface area contributed by atoms with E-state index in [9.17, 15) is 19.6 Å². The number of halogens is 2. The number of hydrogen-bond donors (Lipinski definition) is 2. The number of nitrogens with zero attached hydrogens (tertiary/aromatic N) is 1. The lowest BCUT2D eigenvalue weighted by molar-refractivity contribution is -0.113. The maximum absolute atomic E-state index is 13.4. The van der Waals surface area contributed by atoms with Gasteiger partial charge >= 0.3 is 0 Å². The standard InChI is InChI=1S/C33H25Cl2N3O3S/c34-24-15-17-25(18-16-24)37-31(40)21-42-33(38-32(41)23-11-5-2-6-12-23)28(20-36)27(26-13-7-8-14-29(26)35)19-30(39)22-9-3-1-4-10-22/h1-18,27H,19,21H2,(H,37,40)(H,38,41)/b33-28+. The summed E-state index contributed by atoms with van der Waals surface area (Å²) in [4.78, 5) is 39.5. The van der Waals surface area contributed by atoms with E-state index in [0.717, 1.165) is 11.8 Å². The summed E-state index contributed by atoms with van der Waals surface area (Å²) < 4.78 is 0. The van der Waals surface area contributed by atoms with Crippen LogP contribution < -0.4 is 10.6 Å². The summed E-state index contributed by atoms with van der Waals surface area (Å²) >= 11 is 13.5. The number of Topliss-reactive ketones (excluding diaryl/α,β-unsaturated/α-hetero) is 1. The molecule has 0 aliphatic carbocycles. The first kappa shape index (κ1) is 30.6. The van der Waals surface area contributed by atoms with Gasteiger partial charge in [0.05, 0.1) is 22.4 Å².